The summed E-state index contributed by atoms with van der Waals surface area (Å²) in [5, 5.41) is 3.34. The van der Waals surface area contributed by atoms with E-state index in [9.17, 15) is 0 Å². The first-order valence-corrected chi connectivity index (χ1v) is 6.28. The van der Waals surface area contributed by atoms with Gasteiger partial charge in [-0.05, 0) is 37.9 Å². The van der Waals surface area contributed by atoms with Crippen LogP contribution in [-0.4, -0.2) is 33.4 Å². The van der Waals surface area contributed by atoms with Crippen molar-refractivity contribution in [1.29, 1.82) is 0 Å². The van der Waals surface area contributed by atoms with Crippen LogP contribution in [0.25, 0.3) is 0 Å². The number of rotatable bonds is 9. The summed E-state index contributed by atoms with van der Waals surface area (Å²) in [6.07, 6.45) is 2.17. The van der Waals surface area contributed by atoms with E-state index in [1.54, 1.807) is 7.11 Å². The Bertz CT molecular complexity index is 302. The van der Waals surface area contributed by atoms with Crippen LogP contribution in [0.2, 0.25) is 0 Å². The van der Waals surface area contributed by atoms with E-state index in [0.717, 1.165) is 44.9 Å². The molecule has 17 heavy (non-hydrogen) atoms. The minimum atomic E-state index is 0.725. The summed E-state index contributed by atoms with van der Waals surface area (Å²) in [5.74, 6) is 1.02. The molecule has 0 spiro atoms. The molecule has 3 nitrogen and oxygen atoms in total. The third-order valence-electron chi connectivity index (χ3n) is 2.56. The lowest BCUT2D eigenvalue weighted by Gasteiger charge is -2.10. The molecule has 0 heterocycles. The van der Waals surface area contributed by atoms with Gasteiger partial charge in [-0.15, -0.1) is 0 Å². The highest BCUT2D eigenvalue weighted by Crippen LogP contribution is 2.19. The number of benzene rings is 1. The molecule has 0 saturated carbocycles. The van der Waals surface area contributed by atoms with Gasteiger partial charge >= 0.3 is 0 Å². The first-order valence-electron chi connectivity index (χ1n) is 6.28. The fourth-order valence-corrected chi connectivity index (χ4v) is 1.71. The van der Waals surface area contributed by atoms with E-state index in [0.29, 0.717) is 0 Å². The zero-order valence-electron chi connectivity index (χ0n) is 10.9. The number of methoxy groups -OCH3 is 1. The van der Waals surface area contributed by atoms with Crippen molar-refractivity contribution in [2.45, 2.75) is 19.8 Å². The lowest BCUT2D eigenvalue weighted by atomic mass is 10.1. The largest absolute Gasteiger partial charge is 0.494 e. The Morgan fingerprint density at radius 1 is 1.18 bits per heavy atom. The fraction of sp³-hybridized carbons (Fsp3) is 0.571. The number of nitrogens with one attached hydrogen (secondary N) is 1. The average molecular weight is 237 g/mol. The maximum Gasteiger partial charge on any atom is 0.122 e. The molecule has 0 unspecified atom stereocenters. The van der Waals surface area contributed by atoms with Crippen molar-refractivity contribution in [2.24, 2.45) is 0 Å². The fourth-order valence-electron chi connectivity index (χ4n) is 1.71. The van der Waals surface area contributed by atoms with E-state index >= 15 is 0 Å². The Morgan fingerprint density at radius 2 is 2.00 bits per heavy atom. The first-order chi connectivity index (χ1) is 8.38. The number of ether oxygens (including phenoxy) is 2. The minimum Gasteiger partial charge on any atom is -0.494 e. The van der Waals surface area contributed by atoms with Gasteiger partial charge in [0.05, 0.1) is 13.2 Å². The summed E-state index contributed by atoms with van der Waals surface area (Å²) in [6, 6.07) is 8.26. The van der Waals surface area contributed by atoms with Gasteiger partial charge in [-0.25, -0.2) is 0 Å². The zero-order valence-corrected chi connectivity index (χ0v) is 10.9. The molecule has 0 aliphatic carbocycles. The first kappa shape index (κ1) is 14.0. The highest BCUT2D eigenvalue weighted by atomic mass is 16.5. The number of hydrogen-bond acceptors (Lipinski definition) is 3. The van der Waals surface area contributed by atoms with E-state index in [4.69, 9.17) is 9.47 Å². The van der Waals surface area contributed by atoms with E-state index in [-0.39, 0.29) is 0 Å². The number of hydrogen-bond donors (Lipinski definition) is 1. The smallest absolute Gasteiger partial charge is 0.122 e. The van der Waals surface area contributed by atoms with E-state index < -0.39 is 0 Å². The van der Waals surface area contributed by atoms with Gasteiger partial charge in [0.25, 0.3) is 0 Å². The van der Waals surface area contributed by atoms with Crippen LogP contribution in [0, 0.1) is 0 Å². The number of aryl methyl sites for hydroxylation is 1. The predicted octanol–water partition coefficient (Wildman–Crippen LogP) is 2.25. The van der Waals surface area contributed by atoms with Crippen molar-refractivity contribution in [3.63, 3.8) is 0 Å². The minimum absolute atomic E-state index is 0.725. The van der Waals surface area contributed by atoms with Crippen LogP contribution in [-0.2, 0) is 11.2 Å². The average Bonchev–Trinajstić information content (AvgIpc) is 2.36. The lowest BCUT2D eigenvalue weighted by molar-refractivity contribution is 0.199. The molecule has 0 bridgehead atoms. The highest BCUT2D eigenvalue weighted by molar-refractivity contribution is 5.33. The maximum absolute atomic E-state index is 5.59. The van der Waals surface area contributed by atoms with E-state index in [1.165, 1.54) is 5.56 Å². The van der Waals surface area contributed by atoms with E-state index in [2.05, 4.69) is 17.4 Å². The molecule has 1 rings (SSSR count). The molecule has 1 aromatic carbocycles. The van der Waals surface area contributed by atoms with Crippen LogP contribution in [0.5, 0.6) is 5.75 Å². The topological polar surface area (TPSA) is 30.5 Å². The van der Waals surface area contributed by atoms with Crippen LogP contribution in [0.1, 0.15) is 18.9 Å². The molecule has 3 heteroatoms. The monoisotopic (exact) mass is 237 g/mol. The molecule has 0 saturated heterocycles. The zero-order chi connectivity index (χ0) is 12.3. The van der Waals surface area contributed by atoms with Crippen LogP contribution in [0.4, 0.5) is 0 Å². The Balaban J connectivity index is 2.25. The molecule has 0 aliphatic rings. The van der Waals surface area contributed by atoms with Crippen molar-refractivity contribution in [1.82, 2.24) is 5.32 Å². The maximum atomic E-state index is 5.59. The Kier molecular flexibility index (Phi) is 7.43. The Labute approximate surface area is 104 Å². The molecule has 1 aromatic rings. The summed E-state index contributed by atoms with van der Waals surface area (Å²) >= 11 is 0. The second-order valence-electron chi connectivity index (χ2n) is 3.89. The molecule has 0 aromatic heterocycles. The summed E-state index contributed by atoms with van der Waals surface area (Å²) in [7, 11) is 1.72. The van der Waals surface area contributed by atoms with Gasteiger partial charge in [-0.3, -0.25) is 0 Å². The van der Waals surface area contributed by atoms with Crippen LogP contribution < -0.4 is 10.1 Å². The second kappa shape index (κ2) is 9.02. The van der Waals surface area contributed by atoms with Crippen LogP contribution in [0.15, 0.2) is 24.3 Å². The summed E-state index contributed by atoms with van der Waals surface area (Å²) in [5.41, 5.74) is 1.29. The lowest BCUT2D eigenvalue weighted by Crippen LogP contribution is -2.20. The third kappa shape index (κ3) is 5.71. The standard InChI is InChI=1S/C14H23NO2/c1-3-17-14-9-5-4-7-13(14)8-6-10-15-11-12-16-2/h4-5,7,9,15H,3,6,8,10-12H2,1-2H3. The van der Waals surface area contributed by atoms with Crippen molar-refractivity contribution in [2.75, 3.05) is 33.4 Å². The summed E-state index contributed by atoms with van der Waals surface area (Å²) < 4.78 is 10.6. The predicted molar refractivity (Wildman–Crippen MR) is 70.7 cm³/mol. The normalized spacial score (nSPS) is 10.5. The molecule has 0 radical (unpaired) electrons. The van der Waals surface area contributed by atoms with Gasteiger partial charge in [0, 0.05) is 13.7 Å². The van der Waals surface area contributed by atoms with Crippen molar-refractivity contribution in [3.05, 3.63) is 29.8 Å². The van der Waals surface area contributed by atoms with Gasteiger partial charge < -0.3 is 14.8 Å². The van der Waals surface area contributed by atoms with Gasteiger partial charge in [0.1, 0.15) is 5.75 Å². The molecule has 0 amide bonds. The second-order valence-corrected chi connectivity index (χ2v) is 3.89. The summed E-state index contributed by atoms with van der Waals surface area (Å²) in [6.45, 7) is 5.45. The summed E-state index contributed by atoms with van der Waals surface area (Å²) in [4.78, 5) is 0. The Morgan fingerprint density at radius 3 is 2.76 bits per heavy atom. The molecular formula is C14H23NO2. The molecule has 0 fully saturated rings. The molecule has 0 atom stereocenters. The van der Waals surface area contributed by atoms with E-state index in [1.807, 2.05) is 19.1 Å². The molecule has 96 valence electrons. The Hall–Kier alpha value is -1.06. The quantitative estimate of drug-likeness (QED) is 0.668. The van der Waals surface area contributed by atoms with Crippen molar-refractivity contribution < 1.29 is 9.47 Å². The highest BCUT2D eigenvalue weighted by Gasteiger charge is 2.01. The van der Waals surface area contributed by atoms with Crippen molar-refractivity contribution >= 4 is 0 Å². The van der Waals surface area contributed by atoms with Crippen LogP contribution in [0.3, 0.4) is 0 Å². The van der Waals surface area contributed by atoms with Gasteiger partial charge in [-0.1, -0.05) is 18.2 Å². The third-order valence-corrected chi connectivity index (χ3v) is 2.56. The molecule has 1 N–H and O–H groups in total. The van der Waals surface area contributed by atoms with Gasteiger partial charge in [-0.2, -0.15) is 0 Å². The van der Waals surface area contributed by atoms with Crippen LogP contribution >= 0.6 is 0 Å². The molecule has 0 aliphatic heterocycles. The van der Waals surface area contributed by atoms with Gasteiger partial charge in [0.15, 0.2) is 0 Å². The SMILES string of the molecule is CCOc1ccccc1CCCNCCOC. The van der Waals surface area contributed by atoms with Gasteiger partial charge in [0.2, 0.25) is 0 Å². The number of para-hydroxylation sites is 1. The van der Waals surface area contributed by atoms with Crippen molar-refractivity contribution in [3.8, 4) is 5.75 Å². The molecular weight excluding hydrogens is 214 g/mol.